The van der Waals surface area contributed by atoms with Crippen molar-refractivity contribution in [3.8, 4) is 0 Å². The summed E-state index contributed by atoms with van der Waals surface area (Å²) < 4.78 is 13.5. The van der Waals surface area contributed by atoms with Crippen molar-refractivity contribution >= 4 is 16.8 Å². The number of pyridine rings is 2. The molecule has 0 saturated carbocycles. The first-order valence-corrected chi connectivity index (χ1v) is 8.94. The molecule has 138 valence electrons. The number of carbonyl (C=O) groups excluding carboxylic acids is 1. The normalized spacial score (nSPS) is 19.6. The van der Waals surface area contributed by atoms with E-state index in [9.17, 15) is 14.3 Å². The van der Waals surface area contributed by atoms with Gasteiger partial charge in [-0.1, -0.05) is 0 Å². The van der Waals surface area contributed by atoms with Gasteiger partial charge in [0.25, 0.3) is 5.91 Å². The van der Waals surface area contributed by atoms with E-state index in [2.05, 4.69) is 9.97 Å². The van der Waals surface area contributed by atoms with Gasteiger partial charge in [0, 0.05) is 48.5 Å². The molecule has 2 atom stereocenters. The first kappa shape index (κ1) is 17.5. The Hall–Kier alpha value is -2.86. The Labute approximate surface area is 156 Å². The summed E-state index contributed by atoms with van der Waals surface area (Å²) >= 11 is 0. The zero-order chi connectivity index (χ0) is 19.0. The van der Waals surface area contributed by atoms with E-state index >= 15 is 0 Å². The molecule has 1 amide bonds. The molecule has 0 spiro atoms. The molecule has 2 aromatic heterocycles. The highest BCUT2D eigenvalue weighted by molar-refractivity contribution is 6.06. The second-order valence-corrected chi connectivity index (χ2v) is 7.07. The maximum atomic E-state index is 13.5. The molecule has 1 aromatic carbocycles. The van der Waals surface area contributed by atoms with E-state index in [0.29, 0.717) is 41.7 Å². The number of β-amino-alcohol motifs (C(OH)–C–C–N with tert-alkyl or cyclic N) is 1. The molecule has 5 nitrogen and oxygen atoms in total. The summed E-state index contributed by atoms with van der Waals surface area (Å²) in [4.78, 5) is 23.1. The van der Waals surface area contributed by atoms with Crippen molar-refractivity contribution in [2.75, 3.05) is 13.1 Å². The van der Waals surface area contributed by atoms with E-state index in [1.54, 1.807) is 36.4 Å². The second kappa shape index (κ2) is 7.04. The minimum absolute atomic E-state index is 0.0250. The standard InChI is InChI=1S/C21H20FN3O2/c1-13-8-18(17-3-2-16(22)10-19(17)24-13)21(27)25-11-15(20(26)12-25)9-14-4-6-23-7-5-14/h2-8,10,15,20,26H,9,11-12H2,1H3/t15-,20-/m1/s1. The Morgan fingerprint density at radius 3 is 2.78 bits per heavy atom. The van der Waals surface area contributed by atoms with Gasteiger partial charge in [0.2, 0.25) is 0 Å². The van der Waals surface area contributed by atoms with Gasteiger partial charge in [0.15, 0.2) is 0 Å². The van der Waals surface area contributed by atoms with Crippen LogP contribution in [0.4, 0.5) is 4.39 Å². The van der Waals surface area contributed by atoms with Crippen LogP contribution in [0.3, 0.4) is 0 Å². The number of rotatable bonds is 3. The van der Waals surface area contributed by atoms with Crippen molar-refractivity contribution in [2.45, 2.75) is 19.4 Å². The van der Waals surface area contributed by atoms with Crippen molar-refractivity contribution in [3.63, 3.8) is 0 Å². The van der Waals surface area contributed by atoms with Crippen LogP contribution in [0.2, 0.25) is 0 Å². The number of halogens is 1. The number of aliphatic hydroxyl groups excluding tert-OH is 1. The Morgan fingerprint density at radius 1 is 1.22 bits per heavy atom. The fourth-order valence-electron chi connectivity index (χ4n) is 3.72. The van der Waals surface area contributed by atoms with Crippen LogP contribution in [0.15, 0.2) is 48.8 Å². The van der Waals surface area contributed by atoms with E-state index in [1.807, 2.05) is 12.1 Å². The molecule has 0 unspecified atom stereocenters. The summed E-state index contributed by atoms with van der Waals surface area (Å²) in [5, 5.41) is 11.1. The zero-order valence-electron chi connectivity index (χ0n) is 15.0. The van der Waals surface area contributed by atoms with Crippen LogP contribution in [0.5, 0.6) is 0 Å². The minimum atomic E-state index is -0.575. The number of aliphatic hydroxyl groups is 1. The number of hydrogen-bond acceptors (Lipinski definition) is 4. The molecular formula is C21H20FN3O2. The Kier molecular flexibility index (Phi) is 4.58. The van der Waals surface area contributed by atoms with Gasteiger partial charge >= 0.3 is 0 Å². The lowest BCUT2D eigenvalue weighted by Gasteiger charge is -2.18. The maximum Gasteiger partial charge on any atom is 0.254 e. The minimum Gasteiger partial charge on any atom is -0.391 e. The lowest BCUT2D eigenvalue weighted by atomic mass is 9.97. The third-order valence-electron chi connectivity index (χ3n) is 5.07. The highest BCUT2D eigenvalue weighted by Crippen LogP contribution is 2.26. The topological polar surface area (TPSA) is 66.3 Å². The third-order valence-corrected chi connectivity index (χ3v) is 5.07. The fourth-order valence-corrected chi connectivity index (χ4v) is 3.72. The number of aryl methyl sites for hydroxylation is 1. The molecule has 0 bridgehead atoms. The van der Waals surface area contributed by atoms with Gasteiger partial charge in [-0.05, 0) is 49.2 Å². The number of nitrogens with zero attached hydrogens (tertiary/aromatic N) is 3. The second-order valence-electron chi connectivity index (χ2n) is 7.07. The first-order valence-electron chi connectivity index (χ1n) is 8.94. The van der Waals surface area contributed by atoms with Crippen LogP contribution in [-0.4, -0.2) is 45.1 Å². The Balaban J connectivity index is 1.59. The Morgan fingerprint density at radius 2 is 2.00 bits per heavy atom. The van der Waals surface area contributed by atoms with Gasteiger partial charge in [0.1, 0.15) is 5.82 Å². The van der Waals surface area contributed by atoms with E-state index in [-0.39, 0.29) is 17.6 Å². The molecule has 3 heterocycles. The van der Waals surface area contributed by atoms with Crippen molar-refractivity contribution in [3.05, 3.63) is 71.4 Å². The van der Waals surface area contributed by atoms with Crippen LogP contribution < -0.4 is 0 Å². The van der Waals surface area contributed by atoms with Crippen molar-refractivity contribution < 1.29 is 14.3 Å². The SMILES string of the molecule is Cc1cc(C(=O)N2C[C@@H](Cc3ccncc3)[C@H](O)C2)c2ccc(F)cc2n1. The lowest BCUT2D eigenvalue weighted by molar-refractivity contribution is 0.0766. The average molecular weight is 365 g/mol. The maximum absolute atomic E-state index is 13.5. The largest absolute Gasteiger partial charge is 0.391 e. The van der Waals surface area contributed by atoms with Gasteiger partial charge < -0.3 is 10.0 Å². The quantitative estimate of drug-likeness (QED) is 0.775. The van der Waals surface area contributed by atoms with Gasteiger partial charge in [0.05, 0.1) is 17.2 Å². The molecule has 1 saturated heterocycles. The fraction of sp³-hybridized carbons (Fsp3) is 0.286. The molecule has 6 heteroatoms. The van der Waals surface area contributed by atoms with Gasteiger partial charge in [-0.2, -0.15) is 0 Å². The Bertz CT molecular complexity index is 988. The van der Waals surface area contributed by atoms with Crippen molar-refractivity contribution in [2.24, 2.45) is 5.92 Å². The summed E-state index contributed by atoms with van der Waals surface area (Å²) in [6.07, 6.45) is 3.57. The van der Waals surface area contributed by atoms with Gasteiger partial charge in [-0.25, -0.2) is 4.39 Å². The number of hydrogen-bond donors (Lipinski definition) is 1. The van der Waals surface area contributed by atoms with Gasteiger partial charge in [-0.15, -0.1) is 0 Å². The van der Waals surface area contributed by atoms with E-state index in [0.717, 1.165) is 5.56 Å². The van der Waals surface area contributed by atoms with Crippen molar-refractivity contribution in [1.82, 2.24) is 14.9 Å². The van der Waals surface area contributed by atoms with E-state index < -0.39 is 6.10 Å². The summed E-state index contributed by atoms with van der Waals surface area (Å²) in [5.74, 6) is -0.565. The molecule has 27 heavy (non-hydrogen) atoms. The molecule has 1 aliphatic rings. The predicted molar refractivity (Wildman–Crippen MR) is 99.8 cm³/mol. The number of fused-ring (bicyclic) bond motifs is 1. The smallest absolute Gasteiger partial charge is 0.254 e. The molecular weight excluding hydrogens is 345 g/mol. The van der Waals surface area contributed by atoms with Crippen LogP contribution >= 0.6 is 0 Å². The molecule has 1 aliphatic heterocycles. The highest BCUT2D eigenvalue weighted by atomic mass is 19.1. The predicted octanol–water partition coefficient (Wildman–Crippen LogP) is 2.75. The number of likely N-dealkylation sites (tertiary alicyclic amines) is 1. The van der Waals surface area contributed by atoms with E-state index in [4.69, 9.17) is 0 Å². The van der Waals surface area contributed by atoms with Crippen molar-refractivity contribution in [1.29, 1.82) is 0 Å². The monoisotopic (exact) mass is 365 g/mol. The zero-order valence-corrected chi connectivity index (χ0v) is 15.0. The molecule has 1 N–H and O–H groups in total. The number of carbonyl (C=O) groups is 1. The number of aromatic nitrogens is 2. The van der Waals surface area contributed by atoms with Crippen LogP contribution in [0, 0.1) is 18.7 Å². The first-order chi connectivity index (χ1) is 13.0. The molecule has 0 radical (unpaired) electrons. The lowest BCUT2D eigenvalue weighted by Crippen LogP contribution is -2.30. The third kappa shape index (κ3) is 3.53. The average Bonchev–Trinajstić information content (AvgIpc) is 3.01. The number of amides is 1. The summed E-state index contributed by atoms with van der Waals surface area (Å²) in [6, 6.07) is 9.83. The van der Waals surface area contributed by atoms with E-state index in [1.165, 1.54) is 12.1 Å². The van der Waals surface area contributed by atoms with Crippen LogP contribution in [-0.2, 0) is 6.42 Å². The van der Waals surface area contributed by atoms with Gasteiger partial charge in [-0.3, -0.25) is 14.8 Å². The molecule has 0 aliphatic carbocycles. The summed E-state index contributed by atoms with van der Waals surface area (Å²) in [7, 11) is 0. The summed E-state index contributed by atoms with van der Waals surface area (Å²) in [5.41, 5.74) is 2.70. The molecule has 3 aromatic rings. The molecule has 1 fully saturated rings. The van der Waals surface area contributed by atoms with Crippen LogP contribution in [0.25, 0.3) is 10.9 Å². The van der Waals surface area contributed by atoms with Crippen LogP contribution in [0.1, 0.15) is 21.6 Å². The summed E-state index contributed by atoms with van der Waals surface area (Å²) in [6.45, 7) is 2.55. The molecule has 4 rings (SSSR count). The highest BCUT2D eigenvalue weighted by Gasteiger charge is 2.34. The number of benzene rings is 1.